The van der Waals surface area contributed by atoms with E-state index in [1.807, 2.05) is 25.3 Å². The summed E-state index contributed by atoms with van der Waals surface area (Å²) in [7, 11) is 0. The zero-order valence-electron chi connectivity index (χ0n) is 12.2. The van der Waals surface area contributed by atoms with Gasteiger partial charge in [0.05, 0.1) is 0 Å². The van der Waals surface area contributed by atoms with E-state index in [0.29, 0.717) is 6.54 Å². The second-order valence-electron chi connectivity index (χ2n) is 5.17. The number of aromatic nitrogens is 4. The summed E-state index contributed by atoms with van der Waals surface area (Å²) in [5.74, 6) is 0.947. The first-order valence-corrected chi connectivity index (χ1v) is 7.23. The van der Waals surface area contributed by atoms with Crippen LogP contribution < -0.4 is 5.73 Å². The Bertz CT molecular complexity index is 733. The van der Waals surface area contributed by atoms with E-state index < -0.39 is 0 Å². The number of fused-ring (bicyclic) bond motifs is 1. The number of nitrogens with zero attached hydrogens (tertiary/aromatic N) is 4. The van der Waals surface area contributed by atoms with E-state index in [9.17, 15) is 0 Å². The summed E-state index contributed by atoms with van der Waals surface area (Å²) < 4.78 is 2.18. The summed E-state index contributed by atoms with van der Waals surface area (Å²) in [4.78, 5) is 13.4. The Hall–Kier alpha value is -2.27. The normalized spacial score (nSPS) is 11.1. The molecular formula is C16H19N5. The molecule has 0 aliphatic rings. The Kier molecular flexibility index (Phi) is 3.92. The van der Waals surface area contributed by atoms with E-state index in [-0.39, 0.29) is 0 Å². The minimum atomic E-state index is 0.712. The molecule has 5 nitrogen and oxygen atoms in total. The lowest BCUT2D eigenvalue weighted by Crippen LogP contribution is -2.05. The monoisotopic (exact) mass is 281 g/mol. The fraction of sp³-hybridized carbons (Fsp3) is 0.312. The van der Waals surface area contributed by atoms with Crippen molar-refractivity contribution in [2.75, 3.05) is 6.54 Å². The van der Waals surface area contributed by atoms with E-state index in [1.165, 1.54) is 0 Å². The van der Waals surface area contributed by atoms with Gasteiger partial charge in [0, 0.05) is 30.7 Å². The zero-order chi connectivity index (χ0) is 14.7. The van der Waals surface area contributed by atoms with Gasteiger partial charge in [0.15, 0.2) is 5.65 Å². The summed E-state index contributed by atoms with van der Waals surface area (Å²) in [6.07, 6.45) is 7.49. The Morgan fingerprint density at radius 1 is 1.19 bits per heavy atom. The van der Waals surface area contributed by atoms with E-state index in [1.54, 1.807) is 12.4 Å². The molecule has 3 rings (SSSR count). The molecule has 0 aliphatic carbocycles. The number of hydrogen-bond acceptors (Lipinski definition) is 4. The Labute approximate surface area is 123 Å². The molecule has 0 saturated heterocycles. The molecule has 0 aromatic carbocycles. The molecule has 0 unspecified atom stereocenters. The molecular weight excluding hydrogens is 262 g/mol. The zero-order valence-corrected chi connectivity index (χ0v) is 12.2. The Morgan fingerprint density at radius 3 is 2.76 bits per heavy atom. The van der Waals surface area contributed by atoms with Gasteiger partial charge in [-0.2, -0.15) is 0 Å². The van der Waals surface area contributed by atoms with Crippen molar-refractivity contribution in [2.45, 2.75) is 26.3 Å². The van der Waals surface area contributed by atoms with Crippen LogP contribution >= 0.6 is 0 Å². The third-order valence-corrected chi connectivity index (χ3v) is 3.50. The number of aryl methyl sites for hydroxylation is 2. The first-order chi connectivity index (χ1) is 10.3. The van der Waals surface area contributed by atoms with Crippen molar-refractivity contribution in [1.29, 1.82) is 0 Å². The van der Waals surface area contributed by atoms with Crippen molar-refractivity contribution < 1.29 is 0 Å². The molecule has 0 saturated carbocycles. The molecule has 3 aromatic heterocycles. The standard InChI is InChI=1S/C16H19N5/c1-12-10-14-16(19-11-12)21(9-3-2-6-17)15(20-14)13-4-7-18-8-5-13/h4-5,7-8,10-11H,2-3,6,9,17H2,1H3. The van der Waals surface area contributed by atoms with Crippen LogP contribution in [-0.2, 0) is 6.54 Å². The fourth-order valence-electron chi connectivity index (χ4n) is 2.46. The summed E-state index contributed by atoms with van der Waals surface area (Å²) in [6, 6.07) is 6.04. The van der Waals surface area contributed by atoms with Gasteiger partial charge >= 0.3 is 0 Å². The smallest absolute Gasteiger partial charge is 0.160 e. The SMILES string of the molecule is Cc1cnc2c(c1)nc(-c1ccncc1)n2CCCCN. The summed E-state index contributed by atoms with van der Waals surface area (Å²) >= 11 is 0. The number of nitrogens with two attached hydrogens (primary N) is 1. The van der Waals surface area contributed by atoms with E-state index >= 15 is 0 Å². The number of pyridine rings is 2. The van der Waals surface area contributed by atoms with Gasteiger partial charge < -0.3 is 10.3 Å². The third kappa shape index (κ3) is 2.78. The van der Waals surface area contributed by atoms with Crippen molar-refractivity contribution in [2.24, 2.45) is 5.73 Å². The van der Waals surface area contributed by atoms with Crippen LogP contribution in [0, 0.1) is 6.92 Å². The van der Waals surface area contributed by atoms with Crippen molar-refractivity contribution in [3.63, 3.8) is 0 Å². The predicted octanol–water partition coefficient (Wildman–Crippen LogP) is 2.54. The first kappa shape index (κ1) is 13.7. The lowest BCUT2D eigenvalue weighted by Gasteiger charge is -2.08. The van der Waals surface area contributed by atoms with E-state index in [2.05, 4.69) is 20.6 Å². The van der Waals surface area contributed by atoms with Crippen LogP contribution in [-0.4, -0.2) is 26.1 Å². The highest BCUT2D eigenvalue weighted by Crippen LogP contribution is 2.24. The van der Waals surface area contributed by atoms with Crippen LogP contribution in [0.25, 0.3) is 22.6 Å². The summed E-state index contributed by atoms with van der Waals surface area (Å²) in [5, 5.41) is 0. The molecule has 0 fully saturated rings. The van der Waals surface area contributed by atoms with Gasteiger partial charge in [0.1, 0.15) is 11.3 Å². The van der Waals surface area contributed by atoms with Crippen LogP contribution in [0.15, 0.2) is 36.8 Å². The lowest BCUT2D eigenvalue weighted by molar-refractivity contribution is 0.628. The molecule has 3 heterocycles. The highest BCUT2D eigenvalue weighted by atomic mass is 15.1. The molecule has 0 bridgehead atoms. The van der Waals surface area contributed by atoms with Crippen LogP contribution in [0.5, 0.6) is 0 Å². The number of unbranched alkanes of at least 4 members (excludes halogenated alkanes) is 1. The van der Waals surface area contributed by atoms with Crippen LogP contribution in [0.4, 0.5) is 0 Å². The van der Waals surface area contributed by atoms with Gasteiger partial charge in [-0.05, 0) is 50.1 Å². The van der Waals surface area contributed by atoms with Gasteiger partial charge in [-0.3, -0.25) is 4.98 Å². The molecule has 0 radical (unpaired) electrons. The maximum atomic E-state index is 5.60. The van der Waals surface area contributed by atoms with E-state index in [4.69, 9.17) is 10.7 Å². The minimum Gasteiger partial charge on any atom is -0.330 e. The minimum absolute atomic E-state index is 0.712. The second kappa shape index (κ2) is 6.01. The predicted molar refractivity (Wildman–Crippen MR) is 83.8 cm³/mol. The van der Waals surface area contributed by atoms with Crippen LogP contribution in [0.3, 0.4) is 0 Å². The molecule has 0 aliphatic heterocycles. The average molecular weight is 281 g/mol. The van der Waals surface area contributed by atoms with Gasteiger partial charge in [-0.25, -0.2) is 9.97 Å². The second-order valence-corrected chi connectivity index (χ2v) is 5.17. The highest BCUT2D eigenvalue weighted by molar-refractivity contribution is 5.77. The van der Waals surface area contributed by atoms with Gasteiger partial charge in [0.25, 0.3) is 0 Å². The maximum absolute atomic E-state index is 5.60. The lowest BCUT2D eigenvalue weighted by atomic mass is 10.2. The largest absolute Gasteiger partial charge is 0.330 e. The molecule has 21 heavy (non-hydrogen) atoms. The Morgan fingerprint density at radius 2 is 2.00 bits per heavy atom. The van der Waals surface area contributed by atoms with Crippen molar-refractivity contribution in [1.82, 2.24) is 19.5 Å². The third-order valence-electron chi connectivity index (χ3n) is 3.50. The van der Waals surface area contributed by atoms with Crippen LogP contribution in [0.1, 0.15) is 18.4 Å². The summed E-state index contributed by atoms with van der Waals surface area (Å²) in [5.41, 5.74) is 9.66. The molecule has 0 atom stereocenters. The first-order valence-electron chi connectivity index (χ1n) is 7.23. The number of imidazole rings is 1. The quantitative estimate of drug-likeness (QED) is 0.730. The summed E-state index contributed by atoms with van der Waals surface area (Å²) in [6.45, 7) is 3.62. The van der Waals surface area contributed by atoms with Crippen LogP contribution in [0.2, 0.25) is 0 Å². The topological polar surface area (TPSA) is 69.6 Å². The number of hydrogen-bond donors (Lipinski definition) is 1. The van der Waals surface area contributed by atoms with Gasteiger partial charge in [-0.15, -0.1) is 0 Å². The molecule has 5 heteroatoms. The molecule has 0 spiro atoms. The molecule has 108 valence electrons. The number of rotatable bonds is 5. The fourth-order valence-corrected chi connectivity index (χ4v) is 2.46. The maximum Gasteiger partial charge on any atom is 0.160 e. The Balaban J connectivity index is 2.10. The molecule has 2 N–H and O–H groups in total. The highest BCUT2D eigenvalue weighted by Gasteiger charge is 2.13. The van der Waals surface area contributed by atoms with Crippen molar-refractivity contribution in [3.05, 3.63) is 42.4 Å². The van der Waals surface area contributed by atoms with E-state index in [0.717, 1.165) is 47.5 Å². The molecule has 3 aromatic rings. The van der Waals surface area contributed by atoms with Gasteiger partial charge in [0.2, 0.25) is 0 Å². The average Bonchev–Trinajstić information content (AvgIpc) is 2.86. The van der Waals surface area contributed by atoms with Crippen molar-refractivity contribution >= 4 is 11.2 Å². The van der Waals surface area contributed by atoms with Crippen molar-refractivity contribution in [3.8, 4) is 11.4 Å². The van der Waals surface area contributed by atoms with Gasteiger partial charge in [-0.1, -0.05) is 0 Å². The molecule has 0 amide bonds.